The van der Waals surface area contributed by atoms with Crippen molar-refractivity contribution < 1.29 is 8.42 Å². The molecule has 0 rings (SSSR count). The Hall–Kier alpha value is 0.240. The smallest absolute Gasteiger partial charge is 0.151 e. The standard InChI is InChI=1S/C5H11ClO2S/c1-4(6)5(2)9(3,7)8/h4-5H,1-3H3. The van der Waals surface area contributed by atoms with E-state index in [1.807, 2.05) is 0 Å². The van der Waals surface area contributed by atoms with Crippen LogP contribution in [0.5, 0.6) is 0 Å². The summed E-state index contributed by atoms with van der Waals surface area (Å²) in [6.07, 6.45) is 1.19. The second kappa shape index (κ2) is 2.88. The van der Waals surface area contributed by atoms with Gasteiger partial charge in [0.2, 0.25) is 0 Å². The Morgan fingerprint density at radius 3 is 1.67 bits per heavy atom. The van der Waals surface area contributed by atoms with Crippen LogP contribution < -0.4 is 0 Å². The molecule has 9 heavy (non-hydrogen) atoms. The van der Waals surface area contributed by atoms with Crippen LogP contribution in [0, 0.1) is 0 Å². The van der Waals surface area contributed by atoms with E-state index in [1.165, 1.54) is 6.26 Å². The van der Waals surface area contributed by atoms with Gasteiger partial charge in [-0.05, 0) is 13.8 Å². The fraction of sp³-hybridized carbons (Fsp3) is 1.00. The highest BCUT2D eigenvalue weighted by atomic mass is 35.5. The van der Waals surface area contributed by atoms with Gasteiger partial charge < -0.3 is 0 Å². The zero-order chi connectivity index (χ0) is 7.65. The molecule has 0 aliphatic rings. The summed E-state index contributed by atoms with van der Waals surface area (Å²) in [5.74, 6) is 0. The maximum absolute atomic E-state index is 10.7. The molecule has 0 aromatic heterocycles. The summed E-state index contributed by atoms with van der Waals surface area (Å²) in [7, 11) is -2.93. The molecule has 4 heteroatoms. The monoisotopic (exact) mass is 170 g/mol. The second-order valence-electron chi connectivity index (χ2n) is 2.21. The summed E-state index contributed by atoms with van der Waals surface area (Å²) in [5.41, 5.74) is 0. The molecule has 0 fully saturated rings. The van der Waals surface area contributed by atoms with E-state index in [0.29, 0.717) is 0 Å². The highest BCUT2D eigenvalue weighted by molar-refractivity contribution is 7.91. The van der Waals surface area contributed by atoms with E-state index < -0.39 is 15.1 Å². The minimum atomic E-state index is -2.93. The first-order chi connectivity index (χ1) is 3.85. The van der Waals surface area contributed by atoms with Crippen molar-refractivity contribution in [1.82, 2.24) is 0 Å². The summed E-state index contributed by atoms with van der Waals surface area (Å²) in [5, 5.41) is -0.751. The van der Waals surface area contributed by atoms with Gasteiger partial charge in [0.1, 0.15) is 0 Å². The van der Waals surface area contributed by atoms with Gasteiger partial charge in [0.05, 0.1) is 5.25 Å². The Bertz CT molecular complexity index is 171. The summed E-state index contributed by atoms with van der Waals surface area (Å²) < 4.78 is 21.4. The van der Waals surface area contributed by atoms with Crippen LogP contribution in [0.2, 0.25) is 0 Å². The van der Waals surface area contributed by atoms with Crippen molar-refractivity contribution in [2.45, 2.75) is 24.5 Å². The average Bonchev–Trinajstić information content (AvgIpc) is 1.62. The van der Waals surface area contributed by atoms with E-state index in [9.17, 15) is 8.42 Å². The lowest BCUT2D eigenvalue weighted by Crippen LogP contribution is -2.23. The van der Waals surface area contributed by atoms with Gasteiger partial charge in [0.15, 0.2) is 9.84 Å². The molecule has 0 spiro atoms. The molecule has 0 saturated heterocycles. The quantitative estimate of drug-likeness (QED) is 0.581. The first-order valence-corrected chi connectivity index (χ1v) is 5.07. The van der Waals surface area contributed by atoms with Gasteiger partial charge in [0.25, 0.3) is 0 Å². The van der Waals surface area contributed by atoms with Gasteiger partial charge in [0, 0.05) is 11.6 Å². The maximum Gasteiger partial charge on any atom is 0.151 e. The molecule has 0 aromatic rings. The Balaban J connectivity index is 4.24. The molecule has 2 nitrogen and oxygen atoms in total. The van der Waals surface area contributed by atoms with Crippen LogP contribution in [-0.4, -0.2) is 25.3 Å². The number of hydrogen-bond acceptors (Lipinski definition) is 2. The molecule has 0 amide bonds. The van der Waals surface area contributed by atoms with Crippen LogP contribution in [0.15, 0.2) is 0 Å². The van der Waals surface area contributed by atoms with Gasteiger partial charge in [-0.1, -0.05) is 0 Å². The van der Waals surface area contributed by atoms with Crippen molar-refractivity contribution in [3.05, 3.63) is 0 Å². The van der Waals surface area contributed by atoms with Crippen LogP contribution in [0.4, 0.5) is 0 Å². The molecule has 0 saturated carbocycles. The van der Waals surface area contributed by atoms with E-state index in [2.05, 4.69) is 0 Å². The number of sulfone groups is 1. The van der Waals surface area contributed by atoms with Crippen molar-refractivity contribution in [3.63, 3.8) is 0 Å². The molecule has 0 aromatic carbocycles. The molecule has 0 radical (unpaired) electrons. The molecule has 56 valence electrons. The predicted molar refractivity (Wildman–Crippen MR) is 39.6 cm³/mol. The summed E-state index contributed by atoms with van der Waals surface area (Å²) in [6.45, 7) is 3.28. The van der Waals surface area contributed by atoms with Crippen molar-refractivity contribution in [2.75, 3.05) is 6.26 Å². The van der Waals surface area contributed by atoms with E-state index in [-0.39, 0.29) is 5.38 Å². The first kappa shape index (κ1) is 9.24. The lowest BCUT2D eigenvalue weighted by Gasteiger charge is -2.09. The van der Waals surface area contributed by atoms with Gasteiger partial charge in [-0.25, -0.2) is 8.42 Å². The van der Waals surface area contributed by atoms with Crippen LogP contribution in [0.1, 0.15) is 13.8 Å². The summed E-state index contributed by atoms with van der Waals surface area (Å²) >= 11 is 5.53. The minimum Gasteiger partial charge on any atom is -0.229 e. The molecule has 2 atom stereocenters. The number of alkyl halides is 1. The van der Waals surface area contributed by atoms with Crippen molar-refractivity contribution in [3.8, 4) is 0 Å². The highest BCUT2D eigenvalue weighted by Gasteiger charge is 2.19. The third-order valence-corrected chi connectivity index (χ3v) is 3.61. The van der Waals surface area contributed by atoms with Gasteiger partial charge in [-0.2, -0.15) is 0 Å². The third kappa shape index (κ3) is 3.06. The van der Waals surface area contributed by atoms with Gasteiger partial charge in [-0.3, -0.25) is 0 Å². The van der Waals surface area contributed by atoms with Gasteiger partial charge in [-0.15, -0.1) is 11.6 Å². The Labute approximate surface area is 61.1 Å². The maximum atomic E-state index is 10.7. The largest absolute Gasteiger partial charge is 0.229 e. The molecule has 0 aliphatic carbocycles. The van der Waals surface area contributed by atoms with Crippen LogP contribution in [0.25, 0.3) is 0 Å². The fourth-order valence-electron chi connectivity index (χ4n) is 0.341. The highest BCUT2D eigenvalue weighted by Crippen LogP contribution is 2.08. The van der Waals surface area contributed by atoms with Crippen LogP contribution >= 0.6 is 11.6 Å². The van der Waals surface area contributed by atoms with E-state index in [4.69, 9.17) is 11.6 Å². The van der Waals surface area contributed by atoms with Crippen molar-refractivity contribution >= 4 is 21.4 Å². The SMILES string of the molecule is CC(Cl)C(C)S(C)(=O)=O. The lowest BCUT2D eigenvalue weighted by atomic mass is 10.4. The topological polar surface area (TPSA) is 34.1 Å². The van der Waals surface area contributed by atoms with E-state index in [1.54, 1.807) is 13.8 Å². The number of hydrogen-bond donors (Lipinski definition) is 0. The first-order valence-electron chi connectivity index (χ1n) is 2.68. The molecule has 0 N–H and O–H groups in total. The molecular weight excluding hydrogens is 160 g/mol. The second-order valence-corrected chi connectivity index (χ2v) is 5.30. The average molecular weight is 171 g/mol. The van der Waals surface area contributed by atoms with E-state index >= 15 is 0 Å². The van der Waals surface area contributed by atoms with Crippen molar-refractivity contribution in [2.24, 2.45) is 0 Å². The molecule has 0 aliphatic heterocycles. The zero-order valence-electron chi connectivity index (χ0n) is 5.76. The molecule has 2 unspecified atom stereocenters. The Morgan fingerprint density at radius 2 is 1.67 bits per heavy atom. The number of rotatable bonds is 2. The normalized spacial score (nSPS) is 19.1. The predicted octanol–water partition coefficient (Wildman–Crippen LogP) is 1.05. The Kier molecular flexibility index (Phi) is 2.96. The van der Waals surface area contributed by atoms with Crippen LogP contribution in [0.3, 0.4) is 0 Å². The molecule has 0 bridgehead atoms. The van der Waals surface area contributed by atoms with Crippen molar-refractivity contribution in [1.29, 1.82) is 0 Å². The lowest BCUT2D eigenvalue weighted by molar-refractivity contribution is 0.588. The zero-order valence-corrected chi connectivity index (χ0v) is 7.33. The Morgan fingerprint density at radius 1 is 1.33 bits per heavy atom. The van der Waals surface area contributed by atoms with E-state index in [0.717, 1.165) is 0 Å². The number of halogens is 1. The fourth-order valence-corrected chi connectivity index (χ4v) is 1.58. The minimum absolute atomic E-state index is 0.306. The van der Waals surface area contributed by atoms with Crippen LogP contribution in [-0.2, 0) is 9.84 Å². The molecular formula is C5H11ClO2S. The summed E-state index contributed by atoms with van der Waals surface area (Å²) in [4.78, 5) is 0. The van der Waals surface area contributed by atoms with Gasteiger partial charge >= 0.3 is 0 Å². The third-order valence-electron chi connectivity index (χ3n) is 1.32. The summed E-state index contributed by atoms with van der Waals surface area (Å²) in [6, 6.07) is 0. The molecule has 0 heterocycles.